The Morgan fingerprint density at radius 2 is 2.11 bits per heavy atom. The quantitative estimate of drug-likeness (QED) is 0.318. The van der Waals surface area contributed by atoms with Crippen molar-refractivity contribution in [3.05, 3.63) is 58.3 Å². The van der Waals surface area contributed by atoms with E-state index in [1.54, 1.807) is 25.5 Å². The fraction of sp³-hybridized carbons (Fsp3) is 0.167. The molecule has 0 amide bonds. The van der Waals surface area contributed by atoms with E-state index in [1.165, 1.54) is 22.5 Å². The van der Waals surface area contributed by atoms with Crippen LogP contribution in [0.3, 0.4) is 0 Å². The van der Waals surface area contributed by atoms with Crippen LogP contribution >= 0.6 is 11.8 Å². The number of furan rings is 1. The van der Waals surface area contributed by atoms with E-state index in [4.69, 9.17) is 19.4 Å². The third-order valence-corrected chi connectivity index (χ3v) is 5.15. The first kappa shape index (κ1) is 17.2. The Bertz CT molecular complexity index is 1180. The predicted octanol–water partition coefficient (Wildman–Crippen LogP) is 2.97. The van der Waals surface area contributed by atoms with Gasteiger partial charge in [0.15, 0.2) is 5.82 Å². The standard InChI is InChI=1S/C18H16N4O4S/c1-10-13(5-6-25-10)17-20-21-18(22(17)19)27-9-11-7-16(23)26-15-8-12(24-2)3-4-14(11)15/h3-8H,9,19H2,1-2H3. The van der Waals surface area contributed by atoms with E-state index in [9.17, 15) is 4.79 Å². The topological polar surface area (TPSA) is 109 Å². The molecule has 8 nitrogen and oxygen atoms in total. The monoisotopic (exact) mass is 384 g/mol. The van der Waals surface area contributed by atoms with Crippen LogP contribution in [0.1, 0.15) is 11.3 Å². The molecule has 0 unspecified atom stereocenters. The van der Waals surface area contributed by atoms with Crippen LogP contribution < -0.4 is 16.2 Å². The van der Waals surface area contributed by atoms with Crippen LogP contribution in [0.25, 0.3) is 22.4 Å². The van der Waals surface area contributed by atoms with Gasteiger partial charge in [-0.2, -0.15) is 0 Å². The Labute approximate surface area is 157 Å². The first-order valence-corrected chi connectivity index (χ1v) is 9.04. The molecule has 2 N–H and O–H groups in total. The zero-order valence-electron chi connectivity index (χ0n) is 14.6. The van der Waals surface area contributed by atoms with Gasteiger partial charge in [0, 0.05) is 23.3 Å². The van der Waals surface area contributed by atoms with Gasteiger partial charge in [-0.25, -0.2) is 9.47 Å². The molecule has 0 saturated heterocycles. The Morgan fingerprint density at radius 1 is 1.26 bits per heavy atom. The van der Waals surface area contributed by atoms with Gasteiger partial charge in [0.05, 0.1) is 18.9 Å². The van der Waals surface area contributed by atoms with Gasteiger partial charge in [0.1, 0.15) is 17.1 Å². The van der Waals surface area contributed by atoms with Crippen molar-refractivity contribution in [3.8, 4) is 17.1 Å². The van der Waals surface area contributed by atoms with Crippen LogP contribution in [0.5, 0.6) is 5.75 Å². The van der Waals surface area contributed by atoms with E-state index in [2.05, 4.69) is 10.2 Å². The normalized spacial score (nSPS) is 11.2. The number of aromatic nitrogens is 3. The number of methoxy groups -OCH3 is 1. The van der Waals surface area contributed by atoms with Crippen LogP contribution in [0.4, 0.5) is 0 Å². The van der Waals surface area contributed by atoms with E-state index in [0.29, 0.717) is 33.8 Å². The lowest BCUT2D eigenvalue weighted by Crippen LogP contribution is -2.11. The minimum absolute atomic E-state index is 0.421. The number of benzene rings is 1. The molecule has 3 heterocycles. The molecule has 138 valence electrons. The molecule has 27 heavy (non-hydrogen) atoms. The molecule has 4 aromatic rings. The van der Waals surface area contributed by atoms with Gasteiger partial charge < -0.3 is 19.4 Å². The second kappa shape index (κ2) is 6.84. The molecule has 0 atom stereocenters. The summed E-state index contributed by atoms with van der Waals surface area (Å²) in [7, 11) is 1.56. The zero-order chi connectivity index (χ0) is 19.0. The van der Waals surface area contributed by atoms with E-state index in [-0.39, 0.29) is 0 Å². The summed E-state index contributed by atoms with van der Waals surface area (Å²) in [5.41, 5.74) is 1.66. The van der Waals surface area contributed by atoms with Gasteiger partial charge >= 0.3 is 5.63 Å². The highest BCUT2D eigenvalue weighted by atomic mass is 32.2. The largest absolute Gasteiger partial charge is 0.497 e. The summed E-state index contributed by atoms with van der Waals surface area (Å²) in [5.74, 6) is 8.48. The number of nitrogen functional groups attached to an aromatic ring is 1. The number of nitrogens with zero attached hydrogens (tertiary/aromatic N) is 3. The first-order valence-electron chi connectivity index (χ1n) is 8.05. The minimum Gasteiger partial charge on any atom is -0.497 e. The van der Waals surface area contributed by atoms with Crippen molar-refractivity contribution < 1.29 is 13.6 Å². The highest BCUT2D eigenvalue weighted by molar-refractivity contribution is 7.98. The number of hydrogen-bond acceptors (Lipinski definition) is 8. The Kier molecular flexibility index (Phi) is 4.36. The molecule has 0 fully saturated rings. The molecular formula is C18H16N4O4S. The van der Waals surface area contributed by atoms with Crippen molar-refractivity contribution in [2.45, 2.75) is 17.8 Å². The number of ether oxygens (including phenoxy) is 1. The molecule has 0 radical (unpaired) electrons. The second-order valence-electron chi connectivity index (χ2n) is 5.81. The number of rotatable bonds is 5. The lowest BCUT2D eigenvalue weighted by molar-refractivity contribution is 0.414. The van der Waals surface area contributed by atoms with E-state index in [0.717, 1.165) is 16.5 Å². The lowest BCUT2D eigenvalue weighted by Gasteiger charge is -2.07. The molecule has 3 aromatic heterocycles. The summed E-state index contributed by atoms with van der Waals surface area (Å²) in [6, 6.07) is 8.64. The van der Waals surface area contributed by atoms with Crippen LogP contribution in [0.15, 0.2) is 55.4 Å². The van der Waals surface area contributed by atoms with E-state index < -0.39 is 5.63 Å². The fourth-order valence-electron chi connectivity index (χ4n) is 2.78. The van der Waals surface area contributed by atoms with Crippen LogP contribution in [-0.4, -0.2) is 22.0 Å². The van der Waals surface area contributed by atoms with Crippen molar-refractivity contribution in [1.29, 1.82) is 0 Å². The van der Waals surface area contributed by atoms with Crippen molar-refractivity contribution in [1.82, 2.24) is 14.9 Å². The van der Waals surface area contributed by atoms with Crippen LogP contribution in [0.2, 0.25) is 0 Å². The smallest absolute Gasteiger partial charge is 0.336 e. The molecule has 1 aromatic carbocycles. The molecule has 0 aliphatic heterocycles. The number of fused-ring (bicyclic) bond motifs is 1. The molecule has 9 heteroatoms. The van der Waals surface area contributed by atoms with Gasteiger partial charge in [0.25, 0.3) is 0 Å². The molecule has 0 aliphatic rings. The van der Waals surface area contributed by atoms with Gasteiger partial charge in [0.2, 0.25) is 5.16 Å². The molecule has 0 spiro atoms. The van der Waals surface area contributed by atoms with Crippen molar-refractivity contribution >= 4 is 22.7 Å². The van der Waals surface area contributed by atoms with Crippen LogP contribution in [-0.2, 0) is 5.75 Å². The average molecular weight is 384 g/mol. The molecule has 0 aliphatic carbocycles. The number of thioether (sulfide) groups is 1. The predicted molar refractivity (Wildman–Crippen MR) is 101 cm³/mol. The number of aryl methyl sites for hydroxylation is 1. The fourth-order valence-corrected chi connectivity index (χ4v) is 3.62. The summed E-state index contributed by atoms with van der Waals surface area (Å²) in [5, 5.41) is 9.65. The third-order valence-electron chi connectivity index (χ3n) is 4.16. The summed E-state index contributed by atoms with van der Waals surface area (Å²) >= 11 is 1.38. The van der Waals surface area contributed by atoms with Crippen molar-refractivity contribution in [2.24, 2.45) is 0 Å². The number of hydrogen-bond donors (Lipinski definition) is 1. The average Bonchev–Trinajstić information content (AvgIpc) is 3.24. The van der Waals surface area contributed by atoms with Gasteiger partial charge in [-0.05, 0) is 30.7 Å². The maximum absolute atomic E-state index is 11.9. The highest BCUT2D eigenvalue weighted by Crippen LogP contribution is 2.29. The van der Waals surface area contributed by atoms with Crippen LogP contribution in [0, 0.1) is 6.92 Å². The lowest BCUT2D eigenvalue weighted by atomic mass is 10.1. The second-order valence-corrected chi connectivity index (χ2v) is 6.75. The molecule has 4 rings (SSSR count). The SMILES string of the molecule is COc1ccc2c(CSc3nnc(-c4ccoc4C)n3N)cc(=O)oc2c1. The Hall–Kier alpha value is -3.20. The molecule has 0 saturated carbocycles. The first-order chi connectivity index (χ1) is 13.1. The maximum Gasteiger partial charge on any atom is 0.336 e. The third kappa shape index (κ3) is 3.17. The Balaban J connectivity index is 1.64. The molecule has 0 bridgehead atoms. The van der Waals surface area contributed by atoms with Crippen molar-refractivity contribution in [3.63, 3.8) is 0 Å². The summed E-state index contributed by atoms with van der Waals surface area (Å²) in [6.07, 6.45) is 1.58. The van der Waals surface area contributed by atoms with E-state index in [1.807, 2.05) is 19.1 Å². The minimum atomic E-state index is -0.421. The van der Waals surface area contributed by atoms with Crippen molar-refractivity contribution in [2.75, 3.05) is 13.0 Å². The van der Waals surface area contributed by atoms with Gasteiger partial charge in [-0.1, -0.05) is 11.8 Å². The molecular weight excluding hydrogens is 368 g/mol. The van der Waals surface area contributed by atoms with Gasteiger partial charge in [-0.3, -0.25) is 0 Å². The summed E-state index contributed by atoms with van der Waals surface area (Å²) in [4.78, 5) is 11.9. The zero-order valence-corrected chi connectivity index (χ0v) is 15.4. The summed E-state index contributed by atoms with van der Waals surface area (Å²) < 4.78 is 17.2. The Morgan fingerprint density at radius 3 is 2.85 bits per heavy atom. The van der Waals surface area contributed by atoms with E-state index >= 15 is 0 Å². The van der Waals surface area contributed by atoms with Gasteiger partial charge in [-0.15, -0.1) is 10.2 Å². The summed E-state index contributed by atoms with van der Waals surface area (Å²) in [6.45, 7) is 1.83. The number of nitrogens with two attached hydrogens (primary N) is 1. The highest BCUT2D eigenvalue weighted by Gasteiger charge is 2.16. The maximum atomic E-state index is 11.9.